The smallest absolute Gasteiger partial charge is 0.129 e. The Morgan fingerprint density at radius 2 is 2.24 bits per heavy atom. The highest BCUT2D eigenvalue weighted by Crippen LogP contribution is 2.30. The molecule has 1 aromatic carbocycles. The number of hydrogen-bond acceptors (Lipinski definition) is 4. The number of rotatable bonds is 6. The first-order valence-corrected chi connectivity index (χ1v) is 7.78. The van der Waals surface area contributed by atoms with Crippen molar-refractivity contribution in [3.63, 3.8) is 0 Å². The molecule has 1 aromatic heterocycles. The monoisotopic (exact) mass is 420 g/mol. The Morgan fingerprint density at radius 3 is 2.86 bits per heavy atom. The average molecular weight is 422 g/mol. The molecule has 0 aliphatic heterocycles. The highest BCUT2D eigenvalue weighted by Gasteiger charge is 2.23. The summed E-state index contributed by atoms with van der Waals surface area (Å²) in [5.74, 6) is 5.30. The van der Waals surface area contributed by atoms with Gasteiger partial charge in [0.25, 0.3) is 0 Å². The van der Waals surface area contributed by atoms with Gasteiger partial charge in [-0.2, -0.15) is 5.10 Å². The van der Waals surface area contributed by atoms with Crippen LogP contribution in [0.4, 0.5) is 4.39 Å². The summed E-state index contributed by atoms with van der Waals surface area (Å²) in [5.41, 5.74) is 3.84. The first kappa shape index (κ1) is 16.6. The molecule has 0 radical (unpaired) electrons. The van der Waals surface area contributed by atoms with Gasteiger partial charge < -0.3 is 4.74 Å². The van der Waals surface area contributed by atoms with E-state index in [-0.39, 0.29) is 5.82 Å². The van der Waals surface area contributed by atoms with Crippen molar-refractivity contribution in [3.05, 3.63) is 50.4 Å². The van der Waals surface area contributed by atoms with Gasteiger partial charge >= 0.3 is 0 Å². The number of aromatic nitrogens is 2. The van der Waals surface area contributed by atoms with Crippen molar-refractivity contribution in [2.24, 2.45) is 5.84 Å². The average Bonchev–Trinajstić information content (AvgIpc) is 2.81. The van der Waals surface area contributed by atoms with Crippen LogP contribution in [-0.2, 0) is 11.3 Å². The Bertz CT molecular complexity index is 620. The van der Waals surface area contributed by atoms with Crippen LogP contribution in [0.5, 0.6) is 0 Å². The second kappa shape index (κ2) is 7.46. The summed E-state index contributed by atoms with van der Waals surface area (Å²) in [4.78, 5) is 0. The third-order valence-corrected chi connectivity index (χ3v) is 4.16. The molecule has 114 valence electrons. The number of halogens is 3. The van der Waals surface area contributed by atoms with Gasteiger partial charge in [-0.1, -0.05) is 22.0 Å². The molecule has 1 heterocycles. The lowest BCUT2D eigenvalue weighted by molar-refractivity contribution is 0.182. The minimum atomic E-state index is -0.521. The van der Waals surface area contributed by atoms with Crippen LogP contribution >= 0.6 is 31.9 Å². The predicted octanol–water partition coefficient (Wildman–Crippen LogP) is 2.75. The van der Waals surface area contributed by atoms with Crippen LogP contribution in [-0.4, -0.2) is 23.5 Å². The minimum absolute atomic E-state index is 0.348. The number of nitrogens with two attached hydrogens (primary N) is 1. The third-order valence-electron chi connectivity index (χ3n) is 3.05. The summed E-state index contributed by atoms with van der Waals surface area (Å²) >= 11 is 6.68. The molecule has 5 nitrogen and oxygen atoms in total. The van der Waals surface area contributed by atoms with E-state index in [0.29, 0.717) is 23.2 Å². The maximum Gasteiger partial charge on any atom is 0.129 e. The molecule has 1 unspecified atom stereocenters. The van der Waals surface area contributed by atoms with Gasteiger partial charge in [0.2, 0.25) is 0 Å². The van der Waals surface area contributed by atoms with Crippen molar-refractivity contribution in [1.82, 2.24) is 15.2 Å². The Morgan fingerprint density at radius 1 is 1.48 bits per heavy atom. The summed E-state index contributed by atoms with van der Waals surface area (Å²) in [7, 11) is 1.62. The maximum atomic E-state index is 14.2. The minimum Gasteiger partial charge on any atom is -0.383 e. The van der Waals surface area contributed by atoms with E-state index in [9.17, 15) is 4.39 Å². The number of nitrogens with zero attached hydrogens (tertiary/aromatic N) is 2. The summed E-state index contributed by atoms with van der Waals surface area (Å²) in [6, 6.07) is 4.34. The number of hydrazine groups is 1. The molecule has 0 amide bonds. The molecule has 1 atom stereocenters. The van der Waals surface area contributed by atoms with Crippen molar-refractivity contribution in [1.29, 1.82) is 0 Å². The fourth-order valence-electron chi connectivity index (χ4n) is 2.07. The number of methoxy groups -OCH3 is 1. The van der Waals surface area contributed by atoms with Gasteiger partial charge in [-0.05, 0) is 28.1 Å². The van der Waals surface area contributed by atoms with Gasteiger partial charge in [0.05, 0.1) is 35.6 Å². The van der Waals surface area contributed by atoms with E-state index in [0.717, 1.165) is 10.2 Å². The topological polar surface area (TPSA) is 65.1 Å². The fraction of sp³-hybridized carbons (Fsp3) is 0.308. The van der Waals surface area contributed by atoms with Gasteiger partial charge in [-0.3, -0.25) is 10.5 Å². The van der Waals surface area contributed by atoms with Crippen LogP contribution in [0, 0.1) is 5.82 Å². The number of benzene rings is 1. The van der Waals surface area contributed by atoms with Crippen molar-refractivity contribution >= 4 is 31.9 Å². The first-order valence-electron chi connectivity index (χ1n) is 6.19. The van der Waals surface area contributed by atoms with Crippen LogP contribution in [0.15, 0.2) is 33.3 Å². The Balaban J connectivity index is 2.43. The van der Waals surface area contributed by atoms with E-state index in [4.69, 9.17) is 10.6 Å². The normalized spacial score (nSPS) is 12.6. The Hall–Kier alpha value is -0.800. The SMILES string of the molecule is COCCn1ncc(Br)c1C(NN)c1ccc(Br)cc1F. The lowest BCUT2D eigenvalue weighted by atomic mass is 10.0. The molecule has 0 saturated heterocycles. The molecule has 2 rings (SSSR count). The molecule has 0 aliphatic rings. The lowest BCUT2D eigenvalue weighted by Gasteiger charge is -2.19. The number of hydrogen-bond donors (Lipinski definition) is 2. The summed E-state index contributed by atoms with van der Waals surface area (Å²) in [6.07, 6.45) is 1.66. The summed E-state index contributed by atoms with van der Waals surface area (Å²) in [5, 5.41) is 4.26. The van der Waals surface area contributed by atoms with E-state index in [2.05, 4.69) is 42.4 Å². The first-order chi connectivity index (χ1) is 10.1. The quantitative estimate of drug-likeness (QED) is 0.556. The van der Waals surface area contributed by atoms with Crippen LogP contribution in [0.25, 0.3) is 0 Å². The van der Waals surface area contributed by atoms with E-state index in [1.165, 1.54) is 6.07 Å². The highest BCUT2D eigenvalue weighted by molar-refractivity contribution is 9.10. The zero-order chi connectivity index (χ0) is 15.4. The van der Waals surface area contributed by atoms with Crippen LogP contribution in [0.1, 0.15) is 17.3 Å². The number of ether oxygens (including phenoxy) is 1. The molecule has 8 heteroatoms. The van der Waals surface area contributed by atoms with E-state index >= 15 is 0 Å². The molecule has 21 heavy (non-hydrogen) atoms. The van der Waals surface area contributed by atoms with Crippen molar-refractivity contribution in [2.45, 2.75) is 12.6 Å². The van der Waals surface area contributed by atoms with Crippen LogP contribution in [0.3, 0.4) is 0 Å². The van der Waals surface area contributed by atoms with E-state index in [1.54, 1.807) is 30.1 Å². The summed E-state index contributed by atoms with van der Waals surface area (Å²) in [6.45, 7) is 1.05. The van der Waals surface area contributed by atoms with Crippen molar-refractivity contribution < 1.29 is 9.13 Å². The third kappa shape index (κ3) is 3.70. The molecule has 0 aliphatic carbocycles. The van der Waals surface area contributed by atoms with Gasteiger partial charge in [-0.15, -0.1) is 0 Å². The standard InChI is InChI=1S/C13H15Br2FN4O/c1-21-5-4-20-13(10(15)7-18-20)12(19-17)9-3-2-8(14)6-11(9)16/h2-3,6-7,12,19H,4-5,17H2,1H3. The van der Waals surface area contributed by atoms with Crippen molar-refractivity contribution in [3.8, 4) is 0 Å². The molecule has 0 bridgehead atoms. The maximum absolute atomic E-state index is 14.2. The molecular formula is C13H15Br2FN4O. The van der Waals surface area contributed by atoms with Gasteiger partial charge in [-0.25, -0.2) is 9.82 Å². The zero-order valence-electron chi connectivity index (χ0n) is 11.3. The molecule has 0 saturated carbocycles. The Labute approximate surface area is 138 Å². The molecular weight excluding hydrogens is 407 g/mol. The fourth-order valence-corrected chi connectivity index (χ4v) is 2.92. The summed E-state index contributed by atoms with van der Waals surface area (Å²) < 4.78 is 22.4. The second-order valence-corrected chi connectivity index (χ2v) is 6.13. The molecule has 0 fully saturated rings. The molecule has 0 spiro atoms. The van der Waals surface area contributed by atoms with E-state index in [1.807, 2.05) is 0 Å². The Kier molecular flexibility index (Phi) is 5.88. The van der Waals surface area contributed by atoms with Crippen molar-refractivity contribution in [2.75, 3.05) is 13.7 Å². The zero-order valence-corrected chi connectivity index (χ0v) is 14.5. The second-order valence-electron chi connectivity index (χ2n) is 4.36. The predicted molar refractivity (Wildman–Crippen MR) is 85.1 cm³/mol. The number of nitrogens with one attached hydrogen (secondary N) is 1. The van der Waals surface area contributed by atoms with Crippen LogP contribution in [0.2, 0.25) is 0 Å². The van der Waals surface area contributed by atoms with Gasteiger partial charge in [0.15, 0.2) is 0 Å². The lowest BCUT2D eigenvalue weighted by Crippen LogP contribution is -2.32. The highest BCUT2D eigenvalue weighted by atomic mass is 79.9. The largest absolute Gasteiger partial charge is 0.383 e. The molecule has 2 aromatic rings. The van der Waals surface area contributed by atoms with Gasteiger partial charge in [0, 0.05) is 17.1 Å². The van der Waals surface area contributed by atoms with E-state index < -0.39 is 6.04 Å². The van der Waals surface area contributed by atoms with Crippen LogP contribution < -0.4 is 11.3 Å². The molecule has 3 N–H and O–H groups in total. The van der Waals surface area contributed by atoms with Gasteiger partial charge in [0.1, 0.15) is 5.82 Å².